The molecule has 0 spiro atoms. The van der Waals surface area contributed by atoms with Gasteiger partial charge in [0.05, 0.1) is 18.3 Å². The molecule has 0 saturated carbocycles. The number of hydrogen-bond acceptors (Lipinski definition) is 3. The zero-order chi connectivity index (χ0) is 19.3. The van der Waals surface area contributed by atoms with Gasteiger partial charge < -0.3 is 5.32 Å². The molecule has 0 aliphatic rings. The smallest absolute Gasteiger partial charge is 0.228 e. The van der Waals surface area contributed by atoms with Gasteiger partial charge >= 0.3 is 0 Å². The highest BCUT2D eigenvalue weighted by atomic mass is 16.1. The molecule has 28 heavy (non-hydrogen) atoms. The molecule has 0 radical (unpaired) electrons. The Morgan fingerprint density at radius 1 is 0.929 bits per heavy atom. The Bertz CT molecular complexity index is 1070. The van der Waals surface area contributed by atoms with E-state index in [9.17, 15) is 4.79 Å². The van der Waals surface area contributed by atoms with E-state index in [-0.39, 0.29) is 5.91 Å². The minimum Gasteiger partial charge on any atom is -0.324 e. The Labute approximate surface area is 163 Å². The third-order valence-corrected chi connectivity index (χ3v) is 4.53. The average molecular weight is 368 g/mol. The van der Waals surface area contributed by atoms with Crippen molar-refractivity contribution in [3.63, 3.8) is 0 Å². The average Bonchev–Trinajstić information content (AvgIpc) is 3.16. The van der Waals surface area contributed by atoms with Gasteiger partial charge in [0.1, 0.15) is 11.6 Å². The third kappa shape index (κ3) is 3.99. The van der Waals surface area contributed by atoms with E-state index in [1.807, 2.05) is 72.3 Å². The first-order chi connectivity index (χ1) is 13.7. The van der Waals surface area contributed by atoms with Crippen molar-refractivity contribution in [1.29, 1.82) is 0 Å². The lowest BCUT2D eigenvalue weighted by Gasteiger charge is -2.08. The van der Waals surface area contributed by atoms with E-state index >= 15 is 0 Å². The zero-order valence-corrected chi connectivity index (χ0v) is 15.5. The fraction of sp³-hybridized carbons (Fsp3) is 0.0870. The maximum Gasteiger partial charge on any atom is 0.228 e. The minimum absolute atomic E-state index is 0.0687. The third-order valence-electron chi connectivity index (χ3n) is 4.53. The number of amides is 1. The summed E-state index contributed by atoms with van der Waals surface area (Å²) >= 11 is 0. The topological polar surface area (TPSA) is 59.8 Å². The molecular weight excluding hydrogens is 348 g/mol. The van der Waals surface area contributed by atoms with Crippen LogP contribution in [0.2, 0.25) is 0 Å². The largest absolute Gasteiger partial charge is 0.324 e. The number of carbonyl (C=O) groups excluding carboxylic acids is 1. The van der Waals surface area contributed by atoms with E-state index in [0.717, 1.165) is 28.3 Å². The summed E-state index contributed by atoms with van der Waals surface area (Å²) in [5.74, 6) is 1.56. The molecule has 4 aromatic rings. The maximum atomic E-state index is 12.4. The predicted octanol–water partition coefficient (Wildman–Crippen LogP) is 4.42. The molecule has 0 fully saturated rings. The first-order valence-corrected chi connectivity index (χ1v) is 9.09. The quantitative estimate of drug-likeness (QED) is 0.567. The van der Waals surface area contributed by atoms with Crippen LogP contribution in [0.25, 0.3) is 16.9 Å². The Morgan fingerprint density at radius 2 is 1.68 bits per heavy atom. The number of benzene rings is 2. The van der Waals surface area contributed by atoms with Crippen LogP contribution in [-0.4, -0.2) is 20.4 Å². The Hall–Kier alpha value is -3.73. The number of imidazole rings is 1. The molecule has 5 heteroatoms. The summed E-state index contributed by atoms with van der Waals surface area (Å²) in [6, 6.07) is 22.0. The van der Waals surface area contributed by atoms with Gasteiger partial charge in [-0.1, -0.05) is 54.6 Å². The van der Waals surface area contributed by atoms with E-state index in [1.165, 1.54) is 0 Å². The lowest BCUT2D eigenvalue weighted by atomic mass is 10.0. The summed E-state index contributed by atoms with van der Waals surface area (Å²) in [4.78, 5) is 20.9. The van der Waals surface area contributed by atoms with Crippen LogP contribution in [-0.2, 0) is 11.2 Å². The Balaban J connectivity index is 1.38. The Morgan fingerprint density at radius 3 is 2.32 bits per heavy atom. The highest BCUT2D eigenvalue weighted by molar-refractivity contribution is 5.92. The molecule has 0 unspecified atom stereocenters. The van der Waals surface area contributed by atoms with Crippen molar-refractivity contribution in [3.8, 4) is 16.9 Å². The second-order valence-corrected chi connectivity index (χ2v) is 6.54. The van der Waals surface area contributed by atoms with Crippen LogP contribution in [0.3, 0.4) is 0 Å². The van der Waals surface area contributed by atoms with Gasteiger partial charge in [0.15, 0.2) is 0 Å². The number of hydrogen-bond donors (Lipinski definition) is 1. The van der Waals surface area contributed by atoms with E-state index < -0.39 is 0 Å². The molecule has 0 saturated heterocycles. The highest BCUT2D eigenvalue weighted by Crippen LogP contribution is 2.19. The molecule has 0 aliphatic heterocycles. The van der Waals surface area contributed by atoms with Crippen LogP contribution in [0.4, 0.5) is 5.69 Å². The first kappa shape index (κ1) is 17.7. The van der Waals surface area contributed by atoms with Gasteiger partial charge in [0.2, 0.25) is 5.91 Å². The number of carbonyl (C=O) groups is 1. The van der Waals surface area contributed by atoms with E-state index in [0.29, 0.717) is 12.1 Å². The monoisotopic (exact) mass is 368 g/mol. The second kappa shape index (κ2) is 7.88. The maximum absolute atomic E-state index is 12.4. The predicted molar refractivity (Wildman–Crippen MR) is 110 cm³/mol. The fourth-order valence-corrected chi connectivity index (χ4v) is 3.06. The second-order valence-electron chi connectivity index (χ2n) is 6.54. The number of rotatable bonds is 5. The standard InChI is InChI=1S/C23H20N4O/c1-17-24-13-14-27(17)22-12-11-21(16-25-22)26-23(28)15-18-7-9-20(10-8-18)19-5-3-2-4-6-19/h2-14,16H,15H2,1H3,(H,26,28). The lowest BCUT2D eigenvalue weighted by Crippen LogP contribution is -2.14. The number of anilines is 1. The Kier molecular flexibility index (Phi) is 4.97. The molecule has 0 atom stereocenters. The summed E-state index contributed by atoms with van der Waals surface area (Å²) in [5.41, 5.74) is 3.94. The number of aromatic nitrogens is 3. The number of pyridine rings is 1. The SMILES string of the molecule is Cc1nccn1-c1ccc(NC(=O)Cc2ccc(-c3ccccc3)cc2)cn1. The normalized spacial score (nSPS) is 10.6. The van der Waals surface area contributed by atoms with Crippen LogP contribution >= 0.6 is 0 Å². The molecule has 4 rings (SSSR count). The fourth-order valence-electron chi connectivity index (χ4n) is 3.06. The van der Waals surface area contributed by atoms with Crippen molar-refractivity contribution >= 4 is 11.6 Å². The van der Waals surface area contributed by atoms with Crippen LogP contribution in [0, 0.1) is 6.92 Å². The molecule has 2 aromatic carbocycles. The van der Waals surface area contributed by atoms with Crippen LogP contribution in [0.1, 0.15) is 11.4 Å². The molecule has 1 amide bonds. The van der Waals surface area contributed by atoms with Gasteiger partial charge in [-0.2, -0.15) is 0 Å². The molecule has 2 aromatic heterocycles. The van der Waals surface area contributed by atoms with Crippen molar-refractivity contribution in [3.05, 3.63) is 96.7 Å². The van der Waals surface area contributed by atoms with Crippen molar-refractivity contribution in [2.45, 2.75) is 13.3 Å². The van der Waals surface area contributed by atoms with Crippen LogP contribution in [0.15, 0.2) is 85.3 Å². The highest BCUT2D eigenvalue weighted by Gasteiger charge is 2.07. The van der Waals surface area contributed by atoms with Gasteiger partial charge in [0.25, 0.3) is 0 Å². The van der Waals surface area contributed by atoms with E-state index in [2.05, 4.69) is 27.4 Å². The van der Waals surface area contributed by atoms with Crippen molar-refractivity contribution in [2.24, 2.45) is 0 Å². The van der Waals surface area contributed by atoms with Gasteiger partial charge in [-0.15, -0.1) is 0 Å². The van der Waals surface area contributed by atoms with Crippen molar-refractivity contribution in [2.75, 3.05) is 5.32 Å². The molecule has 0 bridgehead atoms. The molecule has 138 valence electrons. The lowest BCUT2D eigenvalue weighted by molar-refractivity contribution is -0.115. The summed E-state index contributed by atoms with van der Waals surface area (Å²) in [5, 5.41) is 2.90. The van der Waals surface area contributed by atoms with Gasteiger partial charge in [-0.3, -0.25) is 9.36 Å². The number of aryl methyl sites for hydroxylation is 1. The summed E-state index contributed by atoms with van der Waals surface area (Å²) < 4.78 is 1.89. The first-order valence-electron chi connectivity index (χ1n) is 9.09. The van der Waals surface area contributed by atoms with Gasteiger partial charge in [0, 0.05) is 12.4 Å². The summed E-state index contributed by atoms with van der Waals surface area (Å²) in [6.45, 7) is 1.92. The van der Waals surface area contributed by atoms with Gasteiger partial charge in [-0.05, 0) is 35.7 Å². The summed E-state index contributed by atoms with van der Waals surface area (Å²) in [6.07, 6.45) is 5.56. The molecule has 2 heterocycles. The van der Waals surface area contributed by atoms with E-state index in [4.69, 9.17) is 0 Å². The molecular formula is C23H20N4O. The van der Waals surface area contributed by atoms with Crippen molar-refractivity contribution in [1.82, 2.24) is 14.5 Å². The molecule has 1 N–H and O–H groups in total. The zero-order valence-electron chi connectivity index (χ0n) is 15.5. The van der Waals surface area contributed by atoms with Crippen molar-refractivity contribution < 1.29 is 4.79 Å². The van der Waals surface area contributed by atoms with E-state index in [1.54, 1.807) is 12.4 Å². The number of nitrogens with one attached hydrogen (secondary N) is 1. The van der Waals surface area contributed by atoms with Crippen LogP contribution < -0.4 is 5.32 Å². The molecule has 5 nitrogen and oxygen atoms in total. The summed E-state index contributed by atoms with van der Waals surface area (Å²) in [7, 11) is 0. The molecule has 0 aliphatic carbocycles. The van der Waals surface area contributed by atoms with Crippen LogP contribution in [0.5, 0.6) is 0 Å². The number of nitrogens with zero attached hydrogens (tertiary/aromatic N) is 3. The minimum atomic E-state index is -0.0687. The van der Waals surface area contributed by atoms with Gasteiger partial charge in [-0.25, -0.2) is 9.97 Å².